The highest BCUT2D eigenvalue weighted by Gasteiger charge is 2.38. The van der Waals surface area contributed by atoms with Crippen molar-refractivity contribution < 1.29 is 28.2 Å². The van der Waals surface area contributed by atoms with E-state index in [0.717, 1.165) is 6.26 Å². The molecule has 0 heterocycles. The number of alkyl halides is 3. The van der Waals surface area contributed by atoms with Gasteiger partial charge >= 0.3 is 12.1 Å². The lowest BCUT2D eigenvalue weighted by Gasteiger charge is -1.93. The zero-order chi connectivity index (χ0) is 8.78. The number of hydrogen-bond donors (Lipinski definition) is 2. The highest BCUT2D eigenvalue weighted by atomic mass is 19.4. The molecule has 0 amide bonds. The van der Waals surface area contributed by atoms with Crippen LogP contribution in [-0.2, 0) is 4.79 Å². The third-order valence-corrected chi connectivity index (χ3v) is 0.243. The summed E-state index contributed by atoms with van der Waals surface area (Å²) >= 11 is 0. The number of carbonyl (C=O) groups is 1. The number of hydrogen-bond acceptors (Lipinski definition) is 3. The normalized spacial score (nSPS) is 8.60. The molecule has 0 aliphatic heterocycles. The maximum absolute atomic E-state index is 10.6. The van der Waals surface area contributed by atoms with Gasteiger partial charge in [-0.25, -0.2) is 4.79 Å². The first kappa shape index (κ1) is 11.4. The van der Waals surface area contributed by atoms with Gasteiger partial charge < -0.3 is 10.2 Å². The smallest absolute Gasteiger partial charge is 0.475 e. The third kappa shape index (κ3) is 9.75. The van der Waals surface area contributed by atoms with Gasteiger partial charge in [0.2, 0.25) is 0 Å². The number of carboxylic acids is 1. The van der Waals surface area contributed by atoms with Crippen molar-refractivity contribution in [1.29, 1.82) is 5.26 Å². The lowest BCUT2D eigenvalue weighted by Crippen LogP contribution is -2.21. The Morgan fingerprint density at radius 2 is 1.60 bits per heavy atom. The first-order valence-corrected chi connectivity index (χ1v) is 1.69. The minimum atomic E-state index is -5.08. The number of rotatable bonds is 0. The maximum atomic E-state index is 10.6. The summed E-state index contributed by atoms with van der Waals surface area (Å²) < 4.78 is 31.7. The zero-order valence-corrected chi connectivity index (χ0v) is 4.38. The second kappa shape index (κ2) is 4.43. The molecule has 0 bridgehead atoms. The van der Waals surface area contributed by atoms with E-state index in [0.29, 0.717) is 0 Å². The molecule has 10 heavy (non-hydrogen) atoms. The minimum absolute atomic E-state index is 0.750. The van der Waals surface area contributed by atoms with E-state index >= 15 is 0 Å². The van der Waals surface area contributed by atoms with Gasteiger partial charge in [0.25, 0.3) is 6.26 Å². The summed E-state index contributed by atoms with van der Waals surface area (Å²) in [5.74, 6) is -2.76. The molecule has 0 aromatic heterocycles. The van der Waals surface area contributed by atoms with Crippen molar-refractivity contribution in [3.63, 3.8) is 0 Å². The summed E-state index contributed by atoms with van der Waals surface area (Å²) in [6.45, 7) is 0. The van der Waals surface area contributed by atoms with Gasteiger partial charge in [-0.1, -0.05) is 0 Å². The molecule has 0 spiro atoms. The predicted octanol–water partition coefficient (Wildman–Crippen LogP) is 0.473. The molecule has 0 rings (SSSR count). The van der Waals surface area contributed by atoms with Crippen LogP contribution in [0.1, 0.15) is 0 Å². The molecule has 0 unspecified atom stereocenters. The van der Waals surface area contributed by atoms with Crippen molar-refractivity contribution in [1.82, 2.24) is 0 Å². The summed E-state index contributed by atoms with van der Waals surface area (Å²) in [6, 6.07) is 0. The lowest BCUT2D eigenvalue weighted by molar-refractivity contribution is -0.192. The summed E-state index contributed by atoms with van der Waals surface area (Å²) in [4.78, 5) is 8.90. The SMILES string of the molecule is N#CO.O=C(O)C(F)(F)F. The molecule has 7 heteroatoms. The Labute approximate surface area is 53.1 Å². The Morgan fingerprint density at radius 1 is 1.50 bits per heavy atom. The highest BCUT2D eigenvalue weighted by molar-refractivity contribution is 5.73. The van der Waals surface area contributed by atoms with E-state index in [9.17, 15) is 13.2 Å². The van der Waals surface area contributed by atoms with Crippen LogP contribution < -0.4 is 0 Å². The van der Waals surface area contributed by atoms with Crippen LogP contribution in [0.25, 0.3) is 0 Å². The first-order chi connectivity index (χ1) is 4.36. The van der Waals surface area contributed by atoms with Crippen LogP contribution in [0.4, 0.5) is 13.2 Å². The Bertz CT molecular complexity index is 146. The molecule has 0 aliphatic rings. The average Bonchev–Trinajstić information content (AvgIpc) is 1.64. The molecular weight excluding hydrogens is 155 g/mol. The fourth-order valence-electron chi connectivity index (χ4n) is 0. The molecule has 0 saturated heterocycles. The van der Waals surface area contributed by atoms with Crippen LogP contribution in [0, 0.1) is 11.5 Å². The molecule has 0 radical (unpaired) electrons. The Morgan fingerprint density at radius 3 is 1.60 bits per heavy atom. The quantitative estimate of drug-likeness (QED) is 0.501. The summed E-state index contributed by atoms with van der Waals surface area (Å²) in [5, 5.41) is 20.9. The number of aliphatic carboxylic acids is 1. The van der Waals surface area contributed by atoms with Gasteiger partial charge in [0, 0.05) is 0 Å². The van der Waals surface area contributed by atoms with Crippen LogP contribution in [0.2, 0.25) is 0 Å². The minimum Gasteiger partial charge on any atom is -0.475 e. The molecule has 0 saturated carbocycles. The molecule has 0 aromatic rings. The number of aliphatic hydroxyl groups excluding tert-OH is 1. The second-order valence-corrected chi connectivity index (χ2v) is 0.903. The van der Waals surface area contributed by atoms with Crippen molar-refractivity contribution in [2.75, 3.05) is 0 Å². The van der Waals surface area contributed by atoms with E-state index in [2.05, 4.69) is 0 Å². The molecule has 0 atom stereocenters. The number of halogens is 3. The van der Waals surface area contributed by atoms with Crippen LogP contribution in [0.15, 0.2) is 0 Å². The molecule has 0 aliphatic carbocycles. The number of nitriles is 1. The average molecular weight is 157 g/mol. The van der Waals surface area contributed by atoms with E-state index in [1.54, 1.807) is 0 Å². The fourth-order valence-corrected chi connectivity index (χ4v) is 0. The number of carboxylic acid groups (broad SMARTS) is 1. The lowest BCUT2D eigenvalue weighted by atomic mass is 10.7. The highest BCUT2D eigenvalue weighted by Crippen LogP contribution is 2.13. The van der Waals surface area contributed by atoms with E-state index in [4.69, 9.17) is 20.3 Å². The van der Waals surface area contributed by atoms with Gasteiger partial charge in [0.1, 0.15) is 0 Å². The number of aliphatic hydroxyl groups is 1. The van der Waals surface area contributed by atoms with Gasteiger partial charge in [0.15, 0.2) is 0 Å². The largest absolute Gasteiger partial charge is 0.490 e. The Balaban J connectivity index is 0. The van der Waals surface area contributed by atoms with Crippen LogP contribution in [0.5, 0.6) is 0 Å². The molecule has 2 N–H and O–H groups in total. The Hall–Kier alpha value is -1.45. The Kier molecular flexibility index (Phi) is 5.03. The molecule has 0 fully saturated rings. The van der Waals surface area contributed by atoms with Gasteiger partial charge in [0.05, 0.1) is 0 Å². The monoisotopic (exact) mass is 157 g/mol. The van der Waals surface area contributed by atoms with Gasteiger partial charge in [-0.15, -0.1) is 0 Å². The van der Waals surface area contributed by atoms with E-state index in [1.807, 2.05) is 0 Å². The molecule has 58 valence electrons. The topological polar surface area (TPSA) is 81.3 Å². The van der Waals surface area contributed by atoms with Crippen LogP contribution in [0.3, 0.4) is 0 Å². The summed E-state index contributed by atoms with van der Waals surface area (Å²) in [7, 11) is 0. The molecule has 4 nitrogen and oxygen atoms in total. The predicted molar refractivity (Wildman–Crippen MR) is 21.2 cm³/mol. The van der Waals surface area contributed by atoms with Gasteiger partial charge in [-0.3, -0.25) is 0 Å². The van der Waals surface area contributed by atoms with E-state index in [-0.39, 0.29) is 0 Å². The standard InChI is InChI=1S/C2HF3O2.CHNO/c3-2(4,5)1(6)7;2-1-3/h(H,6,7);3H. The second-order valence-electron chi connectivity index (χ2n) is 0.903. The van der Waals surface area contributed by atoms with E-state index in [1.165, 1.54) is 0 Å². The zero-order valence-electron chi connectivity index (χ0n) is 4.38. The number of nitrogens with zero attached hydrogens (tertiary/aromatic N) is 1. The van der Waals surface area contributed by atoms with Crippen LogP contribution >= 0.6 is 0 Å². The van der Waals surface area contributed by atoms with Crippen molar-refractivity contribution in [3.8, 4) is 6.26 Å². The van der Waals surface area contributed by atoms with Crippen molar-refractivity contribution in [2.45, 2.75) is 6.18 Å². The molecular formula is C3H2F3NO3. The first-order valence-electron chi connectivity index (χ1n) is 1.69. The summed E-state index contributed by atoms with van der Waals surface area (Å²) in [5.41, 5.74) is 0. The maximum Gasteiger partial charge on any atom is 0.490 e. The molecule has 0 aromatic carbocycles. The van der Waals surface area contributed by atoms with Crippen molar-refractivity contribution in [3.05, 3.63) is 0 Å². The summed E-state index contributed by atoms with van der Waals surface area (Å²) in [6.07, 6.45) is -4.33. The van der Waals surface area contributed by atoms with Gasteiger partial charge in [-0.2, -0.15) is 18.4 Å². The third-order valence-electron chi connectivity index (χ3n) is 0.243. The van der Waals surface area contributed by atoms with Crippen molar-refractivity contribution in [2.24, 2.45) is 0 Å². The van der Waals surface area contributed by atoms with Crippen molar-refractivity contribution >= 4 is 5.97 Å². The fraction of sp³-hybridized carbons (Fsp3) is 0.333. The van der Waals surface area contributed by atoms with Gasteiger partial charge in [-0.05, 0) is 0 Å². The van der Waals surface area contributed by atoms with Crippen LogP contribution in [-0.4, -0.2) is 22.4 Å². The van der Waals surface area contributed by atoms with E-state index < -0.39 is 12.1 Å².